The Kier molecular flexibility index (Phi) is 5.71. The molecule has 0 radical (unpaired) electrons. The molecule has 2 rings (SSSR count). The smallest absolute Gasteiger partial charge is 0.226 e. The van der Waals surface area contributed by atoms with Gasteiger partial charge in [-0.25, -0.2) is 4.39 Å². The van der Waals surface area contributed by atoms with Gasteiger partial charge in [-0.15, -0.1) is 0 Å². The number of hydrogen-bond acceptors (Lipinski definition) is 2. The van der Waals surface area contributed by atoms with Gasteiger partial charge in [0.2, 0.25) is 11.8 Å². The highest BCUT2D eigenvalue weighted by Gasteiger charge is 2.18. The lowest BCUT2D eigenvalue weighted by molar-refractivity contribution is -0.120. The summed E-state index contributed by atoms with van der Waals surface area (Å²) in [5.74, 6) is -1.35. The van der Waals surface area contributed by atoms with Crippen molar-refractivity contribution in [1.29, 1.82) is 0 Å². The second kappa shape index (κ2) is 7.74. The Morgan fingerprint density at radius 3 is 2.48 bits per heavy atom. The van der Waals surface area contributed by atoms with E-state index < -0.39 is 17.8 Å². The van der Waals surface area contributed by atoms with E-state index in [1.54, 1.807) is 6.07 Å². The predicted octanol–water partition coefficient (Wildman–Crippen LogP) is 3.69. The number of rotatable bonds is 5. The van der Waals surface area contributed by atoms with E-state index in [0.29, 0.717) is 0 Å². The first-order valence-electron chi connectivity index (χ1n) is 7.03. The molecule has 0 heterocycles. The van der Waals surface area contributed by atoms with Gasteiger partial charge in [0.15, 0.2) is 5.82 Å². The summed E-state index contributed by atoms with van der Waals surface area (Å²) in [6.45, 7) is 1.38. The highest BCUT2D eigenvalue weighted by atomic mass is 35.5. The normalized spacial score (nSPS) is 11.6. The summed E-state index contributed by atoms with van der Waals surface area (Å²) in [6, 6.07) is 13.0. The van der Waals surface area contributed by atoms with E-state index in [9.17, 15) is 14.0 Å². The van der Waals surface area contributed by atoms with Crippen molar-refractivity contribution in [3.8, 4) is 0 Å². The SMILES string of the molecule is CC(=O)N[C@@H](CC(=O)Nc1cccc(Cl)c1F)c1ccccc1. The second-order valence-corrected chi connectivity index (χ2v) is 5.42. The molecule has 0 saturated heterocycles. The van der Waals surface area contributed by atoms with E-state index in [-0.39, 0.29) is 23.0 Å². The Labute approximate surface area is 138 Å². The number of nitrogens with one attached hydrogen (secondary N) is 2. The summed E-state index contributed by atoms with van der Waals surface area (Å²) < 4.78 is 13.8. The Morgan fingerprint density at radius 2 is 1.83 bits per heavy atom. The van der Waals surface area contributed by atoms with Crippen molar-refractivity contribution < 1.29 is 14.0 Å². The zero-order valence-corrected chi connectivity index (χ0v) is 13.2. The van der Waals surface area contributed by atoms with E-state index in [2.05, 4.69) is 10.6 Å². The second-order valence-electron chi connectivity index (χ2n) is 5.02. The van der Waals surface area contributed by atoms with Crippen molar-refractivity contribution >= 4 is 29.1 Å². The molecule has 2 N–H and O–H groups in total. The molecular weight excluding hydrogens is 319 g/mol. The summed E-state index contributed by atoms with van der Waals surface area (Å²) in [5, 5.41) is 5.13. The van der Waals surface area contributed by atoms with Crippen molar-refractivity contribution in [2.45, 2.75) is 19.4 Å². The summed E-state index contributed by atoms with van der Waals surface area (Å²) in [6.07, 6.45) is -0.0183. The maximum Gasteiger partial charge on any atom is 0.226 e. The van der Waals surface area contributed by atoms with E-state index in [0.717, 1.165) is 5.56 Å². The van der Waals surface area contributed by atoms with Crippen LogP contribution in [0.4, 0.5) is 10.1 Å². The molecule has 4 nitrogen and oxygen atoms in total. The maximum absolute atomic E-state index is 13.8. The molecule has 6 heteroatoms. The average Bonchev–Trinajstić information content (AvgIpc) is 2.51. The van der Waals surface area contributed by atoms with Crippen molar-refractivity contribution in [2.24, 2.45) is 0 Å². The van der Waals surface area contributed by atoms with Crippen LogP contribution in [0.5, 0.6) is 0 Å². The van der Waals surface area contributed by atoms with Crippen LogP contribution in [0.1, 0.15) is 24.9 Å². The van der Waals surface area contributed by atoms with Gasteiger partial charge in [-0.05, 0) is 17.7 Å². The van der Waals surface area contributed by atoms with Crippen molar-refractivity contribution in [2.75, 3.05) is 5.32 Å². The molecule has 0 unspecified atom stereocenters. The molecule has 2 amide bonds. The monoisotopic (exact) mass is 334 g/mol. The van der Waals surface area contributed by atoms with Crippen LogP contribution in [-0.4, -0.2) is 11.8 Å². The lowest BCUT2D eigenvalue weighted by atomic mass is 10.0. The molecule has 0 aliphatic heterocycles. The molecular formula is C17H16ClFN2O2. The van der Waals surface area contributed by atoms with Crippen LogP contribution in [0, 0.1) is 5.82 Å². The third-order valence-corrected chi connectivity index (χ3v) is 3.49. The van der Waals surface area contributed by atoms with E-state index in [4.69, 9.17) is 11.6 Å². The van der Waals surface area contributed by atoms with Gasteiger partial charge in [-0.2, -0.15) is 0 Å². The Bertz CT molecular complexity index is 707. The molecule has 0 bridgehead atoms. The van der Waals surface area contributed by atoms with Crippen molar-refractivity contribution in [3.63, 3.8) is 0 Å². The predicted molar refractivity (Wildman–Crippen MR) is 87.7 cm³/mol. The molecule has 120 valence electrons. The van der Waals surface area contributed by atoms with Crippen LogP contribution in [0.25, 0.3) is 0 Å². The van der Waals surface area contributed by atoms with Gasteiger partial charge in [-0.1, -0.05) is 48.0 Å². The fourth-order valence-corrected chi connectivity index (χ4v) is 2.34. The van der Waals surface area contributed by atoms with Crippen LogP contribution >= 0.6 is 11.6 Å². The van der Waals surface area contributed by atoms with Gasteiger partial charge in [0.25, 0.3) is 0 Å². The van der Waals surface area contributed by atoms with Crippen molar-refractivity contribution in [1.82, 2.24) is 5.32 Å². The Morgan fingerprint density at radius 1 is 1.13 bits per heavy atom. The van der Waals surface area contributed by atoms with E-state index in [1.807, 2.05) is 30.3 Å². The van der Waals surface area contributed by atoms with E-state index >= 15 is 0 Å². The third-order valence-electron chi connectivity index (χ3n) is 3.19. The molecule has 0 aliphatic carbocycles. The number of benzene rings is 2. The minimum Gasteiger partial charge on any atom is -0.349 e. The van der Waals surface area contributed by atoms with Gasteiger partial charge in [0, 0.05) is 6.92 Å². The summed E-state index contributed by atoms with van der Waals surface area (Å²) in [5.41, 5.74) is 0.807. The summed E-state index contributed by atoms with van der Waals surface area (Å²) in [7, 11) is 0. The summed E-state index contributed by atoms with van der Waals surface area (Å²) in [4.78, 5) is 23.5. The van der Waals surface area contributed by atoms with Gasteiger partial charge >= 0.3 is 0 Å². The summed E-state index contributed by atoms with van der Waals surface area (Å²) >= 11 is 5.68. The van der Waals surface area contributed by atoms with Gasteiger partial charge in [-0.3, -0.25) is 9.59 Å². The molecule has 0 spiro atoms. The van der Waals surface area contributed by atoms with Crippen LogP contribution in [-0.2, 0) is 9.59 Å². The molecule has 0 aliphatic rings. The van der Waals surface area contributed by atoms with Gasteiger partial charge in [0.1, 0.15) is 0 Å². The first-order chi connectivity index (χ1) is 11.0. The maximum atomic E-state index is 13.8. The number of carbonyl (C=O) groups excluding carboxylic acids is 2. The fraction of sp³-hybridized carbons (Fsp3) is 0.176. The van der Waals surface area contributed by atoms with Crippen LogP contribution in [0.15, 0.2) is 48.5 Å². The Hall–Kier alpha value is -2.40. The van der Waals surface area contributed by atoms with Crippen LogP contribution < -0.4 is 10.6 Å². The Balaban J connectivity index is 2.11. The quantitative estimate of drug-likeness (QED) is 0.876. The van der Waals surface area contributed by atoms with E-state index in [1.165, 1.54) is 19.1 Å². The molecule has 23 heavy (non-hydrogen) atoms. The third kappa shape index (κ3) is 4.79. The van der Waals surface area contributed by atoms with Gasteiger partial charge < -0.3 is 10.6 Å². The molecule has 0 saturated carbocycles. The highest BCUT2D eigenvalue weighted by molar-refractivity contribution is 6.31. The first-order valence-corrected chi connectivity index (χ1v) is 7.41. The molecule has 2 aromatic carbocycles. The fourth-order valence-electron chi connectivity index (χ4n) is 2.17. The average molecular weight is 335 g/mol. The molecule has 0 fully saturated rings. The zero-order chi connectivity index (χ0) is 16.8. The number of halogens is 2. The molecule has 2 aromatic rings. The number of hydrogen-bond donors (Lipinski definition) is 2. The first kappa shape index (κ1) is 17.0. The molecule has 0 aromatic heterocycles. The number of amides is 2. The highest BCUT2D eigenvalue weighted by Crippen LogP contribution is 2.23. The van der Waals surface area contributed by atoms with Crippen molar-refractivity contribution in [3.05, 3.63) is 64.9 Å². The minimum atomic E-state index is -0.682. The lowest BCUT2D eigenvalue weighted by Crippen LogP contribution is -2.29. The topological polar surface area (TPSA) is 58.2 Å². The van der Waals surface area contributed by atoms with Crippen LogP contribution in [0.2, 0.25) is 5.02 Å². The lowest BCUT2D eigenvalue weighted by Gasteiger charge is -2.18. The van der Waals surface area contributed by atoms with Gasteiger partial charge in [0.05, 0.1) is 23.2 Å². The largest absolute Gasteiger partial charge is 0.349 e. The number of carbonyl (C=O) groups is 2. The standard InChI is InChI=1S/C17H16ClFN2O2/c1-11(22)20-15(12-6-3-2-4-7-12)10-16(23)21-14-9-5-8-13(18)17(14)19/h2-9,15H,10H2,1H3,(H,20,22)(H,21,23)/t15-/m0/s1. The minimum absolute atomic E-state index is 0.0112. The molecule has 1 atom stereocenters. The van der Waals surface area contributed by atoms with Crippen LogP contribution in [0.3, 0.4) is 0 Å². The number of anilines is 1. The zero-order valence-electron chi connectivity index (χ0n) is 12.5.